The summed E-state index contributed by atoms with van der Waals surface area (Å²) in [5.74, 6) is 0.127. The molecule has 0 radical (unpaired) electrons. The maximum Gasteiger partial charge on any atom is 0.264 e. The number of carbonyl (C=O) groups is 1. The van der Waals surface area contributed by atoms with Crippen LogP contribution in [0.15, 0.2) is 65.8 Å². The van der Waals surface area contributed by atoms with Crippen LogP contribution in [0.4, 0.5) is 11.6 Å². The number of aryl methyl sites for hydroxylation is 2. The molecule has 0 saturated carbocycles. The van der Waals surface area contributed by atoms with Crippen LogP contribution in [0.25, 0.3) is 11.3 Å². The topological polar surface area (TPSA) is 140 Å². The number of nitrogens with one attached hydrogen (secondary N) is 1. The van der Waals surface area contributed by atoms with Crippen LogP contribution in [0.3, 0.4) is 0 Å². The molecular weight excluding hydrogens is 679 g/mol. The molecule has 1 amide bonds. The number of rotatable bonds is 5. The van der Waals surface area contributed by atoms with E-state index < -0.39 is 16.1 Å². The number of fused-ring (bicyclic) bond motifs is 4. The van der Waals surface area contributed by atoms with Crippen LogP contribution in [0.5, 0.6) is 5.88 Å². The third-order valence-electron chi connectivity index (χ3n) is 9.09. The first-order chi connectivity index (χ1) is 24.3. The van der Waals surface area contributed by atoms with Gasteiger partial charge in [-0.2, -0.15) is 4.98 Å². The fourth-order valence-electron chi connectivity index (χ4n) is 7.26. The molecule has 1 fully saturated rings. The number of nitrogens with zero attached hydrogens (tertiary/aromatic N) is 6. The first-order valence-corrected chi connectivity index (χ1v) is 19.0. The van der Waals surface area contributed by atoms with Gasteiger partial charge in [-0.05, 0) is 82.7 Å². The van der Waals surface area contributed by atoms with Gasteiger partial charge in [0.15, 0.2) is 0 Å². The second-order valence-corrected chi connectivity index (χ2v) is 18.0. The van der Waals surface area contributed by atoms with Crippen molar-refractivity contribution in [2.24, 2.45) is 5.41 Å². The van der Waals surface area contributed by atoms with Crippen LogP contribution in [-0.2, 0) is 21.3 Å². The first kappa shape index (κ1) is 37.1. The Morgan fingerprint density at radius 1 is 0.923 bits per heavy atom. The highest BCUT2D eigenvalue weighted by molar-refractivity contribution is 7.92. The van der Waals surface area contributed by atoms with Gasteiger partial charge >= 0.3 is 0 Å². The van der Waals surface area contributed by atoms with Gasteiger partial charge in [0.25, 0.3) is 15.9 Å². The molecule has 276 valence electrons. The molecule has 0 aliphatic carbocycles. The Kier molecular flexibility index (Phi) is 9.81. The van der Waals surface area contributed by atoms with E-state index in [9.17, 15) is 13.2 Å². The Balaban J connectivity index is 1.41. The van der Waals surface area contributed by atoms with Crippen LogP contribution < -0.4 is 14.4 Å². The van der Waals surface area contributed by atoms with Crippen molar-refractivity contribution in [1.29, 1.82) is 0 Å². The summed E-state index contributed by atoms with van der Waals surface area (Å²) in [7, 11) is -4.19. The lowest BCUT2D eigenvalue weighted by molar-refractivity contribution is -0.133. The zero-order valence-corrected chi connectivity index (χ0v) is 32.3. The number of ether oxygens (including phenoxy) is 2. The van der Waals surface area contributed by atoms with Crippen molar-refractivity contribution in [3.8, 4) is 17.1 Å². The number of hydrogen-bond acceptors (Lipinski definition) is 10. The average molecular weight is 728 g/mol. The highest BCUT2D eigenvalue weighted by atomic mass is 32.2. The Hall–Kier alpha value is -4.62. The number of benzene rings is 2. The summed E-state index contributed by atoms with van der Waals surface area (Å²) in [4.78, 5) is 36.9. The molecule has 0 unspecified atom stereocenters. The molecule has 4 bridgehead atoms. The standard InChI is InChI=1S/C39H49N7O5S/c1-25-12-10-13-26(2)34(25)31-17-33-43-36(42-31)44-52(48,49)30-15-11-14-27(16-30)35(47)46(28(22-50-33)18-37(3,4)5)21-32-40-19-29(20-41-32)45-23-38(6,7)51-39(8,9)24-45/h10-17,19-20,28H,18,21-24H2,1-9H3,(H,42,43,44)/t28-/m1/s1. The summed E-state index contributed by atoms with van der Waals surface area (Å²) in [5, 5.41) is 0. The first-order valence-electron chi connectivity index (χ1n) is 17.6. The van der Waals surface area contributed by atoms with E-state index in [1.54, 1.807) is 35.5 Å². The van der Waals surface area contributed by atoms with E-state index in [1.807, 2.05) is 32.0 Å². The molecule has 2 aliphatic rings. The minimum Gasteiger partial charge on any atom is -0.475 e. The molecule has 0 spiro atoms. The number of anilines is 2. The number of hydrogen-bond donors (Lipinski definition) is 1. The number of morpholine rings is 1. The van der Waals surface area contributed by atoms with E-state index in [0.717, 1.165) is 22.4 Å². The van der Waals surface area contributed by atoms with Crippen molar-refractivity contribution in [1.82, 2.24) is 24.8 Å². The van der Waals surface area contributed by atoms with Gasteiger partial charge in [0.1, 0.15) is 12.4 Å². The van der Waals surface area contributed by atoms with E-state index in [-0.39, 0.29) is 58.0 Å². The Morgan fingerprint density at radius 2 is 1.56 bits per heavy atom. The maximum atomic E-state index is 14.5. The van der Waals surface area contributed by atoms with Gasteiger partial charge in [-0.1, -0.05) is 45.0 Å². The number of amides is 1. The third kappa shape index (κ3) is 8.53. The summed E-state index contributed by atoms with van der Waals surface area (Å²) in [6, 6.07) is 13.2. The average Bonchev–Trinajstić information content (AvgIpc) is 3.03. The minimum atomic E-state index is -4.19. The van der Waals surface area contributed by atoms with Crippen molar-refractivity contribution in [3.63, 3.8) is 0 Å². The molecule has 1 atom stereocenters. The molecule has 1 saturated heterocycles. The van der Waals surface area contributed by atoms with Gasteiger partial charge in [-0.3, -0.25) is 4.79 Å². The van der Waals surface area contributed by atoms with Gasteiger partial charge in [0, 0.05) is 30.3 Å². The SMILES string of the molecule is Cc1cccc(C)c1-c1cc2nc(n1)NS(=O)(=O)c1cccc(c1)C(=O)N(Cc1ncc(N3CC(C)(C)OC(C)(C)C3)cn1)[C@H](CC(C)(C)C)CO2. The second kappa shape index (κ2) is 13.7. The van der Waals surface area contributed by atoms with Crippen molar-refractivity contribution in [2.75, 3.05) is 29.3 Å². The predicted octanol–water partition coefficient (Wildman–Crippen LogP) is 6.58. The van der Waals surface area contributed by atoms with E-state index in [0.29, 0.717) is 31.0 Å². The van der Waals surface area contributed by atoms with Crippen molar-refractivity contribution in [2.45, 2.75) is 97.4 Å². The fraction of sp³-hybridized carbons (Fsp3) is 0.462. The molecule has 6 rings (SSSR count). The van der Waals surface area contributed by atoms with Gasteiger partial charge in [0.2, 0.25) is 11.8 Å². The number of sulfonamides is 1. The van der Waals surface area contributed by atoms with Crippen LogP contribution >= 0.6 is 0 Å². The van der Waals surface area contributed by atoms with Crippen molar-refractivity contribution >= 4 is 27.6 Å². The second-order valence-electron chi connectivity index (χ2n) is 16.3. The quantitative estimate of drug-likeness (QED) is 0.240. The predicted molar refractivity (Wildman–Crippen MR) is 201 cm³/mol. The van der Waals surface area contributed by atoms with Crippen molar-refractivity contribution < 1.29 is 22.7 Å². The van der Waals surface area contributed by atoms with Crippen LogP contribution in [-0.4, -0.2) is 76.1 Å². The van der Waals surface area contributed by atoms with E-state index in [2.05, 4.69) is 68.1 Å². The molecule has 4 aromatic rings. The van der Waals surface area contributed by atoms with Crippen LogP contribution in [0, 0.1) is 19.3 Å². The normalized spacial score (nSPS) is 19.8. The van der Waals surface area contributed by atoms with E-state index >= 15 is 0 Å². The summed E-state index contributed by atoms with van der Waals surface area (Å²) >= 11 is 0. The largest absolute Gasteiger partial charge is 0.475 e. The summed E-state index contributed by atoms with van der Waals surface area (Å²) in [5.41, 5.74) is 3.46. The molecule has 13 heteroatoms. The molecular formula is C39H49N7O5S. The zero-order valence-electron chi connectivity index (χ0n) is 31.5. The molecule has 1 N–H and O–H groups in total. The third-order valence-corrected chi connectivity index (χ3v) is 10.4. The molecule has 2 aliphatic heterocycles. The molecule has 52 heavy (non-hydrogen) atoms. The summed E-state index contributed by atoms with van der Waals surface area (Å²) < 4.78 is 42.7. The van der Waals surface area contributed by atoms with Crippen LogP contribution in [0.2, 0.25) is 0 Å². The van der Waals surface area contributed by atoms with Crippen molar-refractivity contribution in [3.05, 3.63) is 83.4 Å². The lowest BCUT2D eigenvalue weighted by Gasteiger charge is -2.47. The monoisotopic (exact) mass is 727 g/mol. The zero-order chi connectivity index (χ0) is 37.6. The molecule has 4 heterocycles. The van der Waals surface area contributed by atoms with E-state index in [1.165, 1.54) is 12.1 Å². The van der Waals surface area contributed by atoms with Gasteiger partial charge in [-0.15, -0.1) is 0 Å². The fourth-order valence-corrected chi connectivity index (χ4v) is 8.25. The highest BCUT2D eigenvalue weighted by Gasteiger charge is 2.39. The number of carbonyl (C=O) groups excluding carboxylic acids is 1. The van der Waals surface area contributed by atoms with Gasteiger partial charge in [0.05, 0.1) is 52.5 Å². The van der Waals surface area contributed by atoms with Crippen LogP contribution in [0.1, 0.15) is 82.2 Å². The minimum absolute atomic E-state index is 0.0707. The lowest BCUT2D eigenvalue weighted by Crippen LogP contribution is -2.57. The van der Waals surface area contributed by atoms with Gasteiger partial charge in [-0.25, -0.2) is 28.1 Å². The molecule has 2 aromatic heterocycles. The Morgan fingerprint density at radius 3 is 2.19 bits per heavy atom. The summed E-state index contributed by atoms with van der Waals surface area (Å²) in [6.45, 7) is 20.0. The molecule has 2 aromatic carbocycles. The smallest absolute Gasteiger partial charge is 0.264 e. The van der Waals surface area contributed by atoms with Gasteiger partial charge < -0.3 is 19.3 Å². The Bertz CT molecular complexity index is 2040. The maximum absolute atomic E-state index is 14.5. The molecule has 12 nitrogen and oxygen atoms in total. The Labute approximate surface area is 307 Å². The summed E-state index contributed by atoms with van der Waals surface area (Å²) in [6.07, 6.45) is 4.14. The highest BCUT2D eigenvalue weighted by Crippen LogP contribution is 2.33. The van der Waals surface area contributed by atoms with E-state index in [4.69, 9.17) is 19.4 Å². The lowest BCUT2D eigenvalue weighted by atomic mass is 9.87. The number of aromatic nitrogens is 4.